The smallest absolute Gasteiger partial charge is 0.410 e. The van der Waals surface area contributed by atoms with Crippen LogP contribution in [0.5, 0.6) is 0 Å². The lowest BCUT2D eigenvalue weighted by molar-refractivity contribution is 0.0270. The lowest BCUT2D eigenvalue weighted by Crippen LogP contribution is -2.39. The van der Waals surface area contributed by atoms with Gasteiger partial charge in [-0.3, -0.25) is 4.68 Å². The van der Waals surface area contributed by atoms with E-state index in [4.69, 9.17) is 9.84 Å². The number of amides is 3. The number of rotatable bonds is 6. The third-order valence-corrected chi connectivity index (χ3v) is 7.56. The first kappa shape index (κ1) is 29.7. The van der Waals surface area contributed by atoms with Crippen LogP contribution in [0.1, 0.15) is 39.8 Å². The molecule has 3 aromatic heterocycles. The van der Waals surface area contributed by atoms with Crippen LogP contribution in [0.3, 0.4) is 0 Å². The SMILES string of the molecule is CCn1cc(-c2ccnc3[nH]c(C4=CCN(C(=O)OC(C)(C)C)CC4)cc23)c(-c2ccc(NC(=O)Nc3ccccc3)cc2)n1. The van der Waals surface area contributed by atoms with E-state index in [0.29, 0.717) is 25.2 Å². The van der Waals surface area contributed by atoms with Gasteiger partial charge in [-0.05, 0) is 81.7 Å². The van der Waals surface area contributed by atoms with Gasteiger partial charge in [0, 0.05) is 65.6 Å². The fraction of sp³-hybridized carbons (Fsp3) is 0.257. The van der Waals surface area contributed by atoms with Crippen molar-refractivity contribution >= 4 is 40.1 Å². The number of H-pyrrole nitrogens is 1. The average molecular weight is 604 g/mol. The van der Waals surface area contributed by atoms with Gasteiger partial charge in [-0.1, -0.05) is 36.4 Å². The zero-order chi connectivity index (χ0) is 31.6. The van der Waals surface area contributed by atoms with E-state index in [2.05, 4.69) is 45.9 Å². The van der Waals surface area contributed by atoms with E-state index >= 15 is 0 Å². The molecule has 5 aromatic rings. The Hall–Kier alpha value is -5.38. The number of anilines is 2. The number of urea groups is 1. The first-order valence-corrected chi connectivity index (χ1v) is 15.1. The Morgan fingerprint density at radius 2 is 1.71 bits per heavy atom. The second-order valence-corrected chi connectivity index (χ2v) is 12.0. The van der Waals surface area contributed by atoms with Crippen LogP contribution in [0.4, 0.5) is 21.0 Å². The van der Waals surface area contributed by atoms with Crippen LogP contribution in [-0.4, -0.2) is 55.5 Å². The van der Waals surface area contributed by atoms with Crippen molar-refractivity contribution in [1.29, 1.82) is 0 Å². The summed E-state index contributed by atoms with van der Waals surface area (Å²) in [6, 6.07) is 20.9. The number of aromatic amines is 1. The molecule has 6 rings (SSSR count). The molecule has 1 aliphatic rings. The molecule has 0 atom stereocenters. The molecule has 0 spiro atoms. The molecule has 0 saturated heterocycles. The molecule has 0 radical (unpaired) electrons. The van der Waals surface area contributed by atoms with E-state index in [-0.39, 0.29) is 12.1 Å². The summed E-state index contributed by atoms with van der Waals surface area (Å²) in [5, 5.41) is 11.6. The minimum Gasteiger partial charge on any atom is -0.444 e. The molecule has 10 heteroatoms. The predicted molar refractivity (Wildman–Crippen MR) is 178 cm³/mol. The molecular weight excluding hydrogens is 566 g/mol. The molecule has 4 heterocycles. The average Bonchev–Trinajstić information content (AvgIpc) is 3.66. The number of hydrogen-bond donors (Lipinski definition) is 3. The standard InChI is InChI=1S/C35H37N7O3/c1-5-42-22-29(31(40-42)24-11-13-26(14-12-24)38-33(43)37-25-9-7-6-8-10-25)27-15-18-36-32-28(27)21-30(39-32)23-16-19-41(20-17-23)34(44)45-35(2,3)4/h6-16,18,21-22H,5,17,19-20H2,1-4H3,(H,36,39)(H2,37,38,43). The first-order valence-electron chi connectivity index (χ1n) is 15.1. The number of carbonyl (C=O) groups excluding carboxylic acids is 2. The Labute approximate surface area is 262 Å². The predicted octanol–water partition coefficient (Wildman–Crippen LogP) is 7.78. The number of pyridine rings is 1. The molecule has 0 bridgehead atoms. The summed E-state index contributed by atoms with van der Waals surface area (Å²) < 4.78 is 7.48. The van der Waals surface area contributed by atoms with Crippen molar-refractivity contribution < 1.29 is 14.3 Å². The summed E-state index contributed by atoms with van der Waals surface area (Å²) in [6.07, 6.45) is 6.37. The number of benzene rings is 2. The highest BCUT2D eigenvalue weighted by Crippen LogP contribution is 2.37. The fourth-order valence-corrected chi connectivity index (χ4v) is 5.36. The number of aryl methyl sites for hydroxylation is 1. The summed E-state index contributed by atoms with van der Waals surface area (Å²) in [4.78, 5) is 34.9. The molecule has 230 valence electrons. The molecule has 10 nitrogen and oxygen atoms in total. The van der Waals surface area contributed by atoms with Gasteiger partial charge in [0.25, 0.3) is 0 Å². The molecular formula is C35H37N7O3. The molecule has 0 saturated carbocycles. The monoisotopic (exact) mass is 603 g/mol. The van der Waals surface area contributed by atoms with Gasteiger partial charge in [-0.15, -0.1) is 0 Å². The summed E-state index contributed by atoms with van der Waals surface area (Å²) in [7, 11) is 0. The Bertz CT molecular complexity index is 1870. The van der Waals surface area contributed by atoms with Gasteiger partial charge < -0.3 is 25.3 Å². The van der Waals surface area contributed by atoms with E-state index in [1.54, 1.807) is 4.90 Å². The highest BCUT2D eigenvalue weighted by molar-refractivity contribution is 6.01. The Kier molecular flexibility index (Phi) is 8.12. The molecule has 0 aliphatic carbocycles. The van der Waals surface area contributed by atoms with E-state index in [1.807, 2.05) is 92.3 Å². The van der Waals surface area contributed by atoms with Crippen molar-refractivity contribution in [1.82, 2.24) is 24.6 Å². The molecule has 0 unspecified atom stereocenters. The number of ether oxygens (including phenoxy) is 1. The highest BCUT2D eigenvalue weighted by atomic mass is 16.6. The largest absolute Gasteiger partial charge is 0.444 e. The van der Waals surface area contributed by atoms with Gasteiger partial charge in [0.05, 0.1) is 0 Å². The number of nitrogens with zero attached hydrogens (tertiary/aromatic N) is 4. The zero-order valence-electron chi connectivity index (χ0n) is 25.9. The van der Waals surface area contributed by atoms with Gasteiger partial charge in [0.1, 0.15) is 16.9 Å². The maximum absolute atomic E-state index is 12.5. The molecule has 45 heavy (non-hydrogen) atoms. The molecule has 1 aliphatic heterocycles. The highest BCUT2D eigenvalue weighted by Gasteiger charge is 2.25. The van der Waals surface area contributed by atoms with Gasteiger partial charge in [0.2, 0.25) is 0 Å². The van der Waals surface area contributed by atoms with E-state index in [0.717, 1.165) is 56.9 Å². The number of nitrogens with one attached hydrogen (secondary N) is 3. The van der Waals surface area contributed by atoms with Crippen LogP contribution in [0.2, 0.25) is 0 Å². The second kappa shape index (κ2) is 12.3. The summed E-state index contributed by atoms with van der Waals surface area (Å²) >= 11 is 0. The first-order chi connectivity index (χ1) is 21.7. The van der Waals surface area contributed by atoms with Crippen LogP contribution >= 0.6 is 0 Å². The number of hydrogen-bond acceptors (Lipinski definition) is 5. The van der Waals surface area contributed by atoms with Crippen molar-refractivity contribution in [3.05, 3.63) is 90.9 Å². The van der Waals surface area contributed by atoms with Crippen LogP contribution < -0.4 is 10.6 Å². The van der Waals surface area contributed by atoms with E-state index in [1.165, 1.54) is 0 Å². The Balaban J connectivity index is 1.24. The van der Waals surface area contributed by atoms with Crippen LogP contribution in [-0.2, 0) is 11.3 Å². The van der Waals surface area contributed by atoms with Gasteiger partial charge >= 0.3 is 12.1 Å². The fourth-order valence-electron chi connectivity index (χ4n) is 5.36. The van der Waals surface area contributed by atoms with Crippen molar-refractivity contribution in [3.63, 3.8) is 0 Å². The van der Waals surface area contributed by atoms with Crippen molar-refractivity contribution in [2.45, 2.75) is 46.3 Å². The van der Waals surface area contributed by atoms with Crippen molar-refractivity contribution in [3.8, 4) is 22.4 Å². The maximum atomic E-state index is 12.5. The minimum atomic E-state index is -0.525. The van der Waals surface area contributed by atoms with Crippen molar-refractivity contribution in [2.24, 2.45) is 0 Å². The third-order valence-electron chi connectivity index (χ3n) is 7.56. The number of fused-ring (bicyclic) bond motifs is 1. The van der Waals surface area contributed by atoms with Crippen LogP contribution in [0, 0.1) is 0 Å². The summed E-state index contributed by atoms with van der Waals surface area (Å²) in [5.74, 6) is 0. The quantitative estimate of drug-likeness (QED) is 0.183. The number of carbonyl (C=O) groups is 2. The second-order valence-electron chi connectivity index (χ2n) is 12.0. The lowest BCUT2D eigenvalue weighted by atomic mass is 9.99. The minimum absolute atomic E-state index is 0.293. The topological polar surface area (TPSA) is 117 Å². The third kappa shape index (κ3) is 6.75. The van der Waals surface area contributed by atoms with Crippen molar-refractivity contribution in [2.75, 3.05) is 23.7 Å². The lowest BCUT2D eigenvalue weighted by Gasteiger charge is -2.29. The zero-order valence-corrected chi connectivity index (χ0v) is 25.9. The van der Waals surface area contributed by atoms with Gasteiger partial charge in [0.15, 0.2) is 0 Å². The number of aromatic nitrogens is 4. The number of para-hydroxylation sites is 1. The van der Waals surface area contributed by atoms with Crippen LogP contribution in [0.15, 0.2) is 85.2 Å². The van der Waals surface area contributed by atoms with Gasteiger partial charge in [-0.25, -0.2) is 14.6 Å². The van der Waals surface area contributed by atoms with E-state index < -0.39 is 5.60 Å². The summed E-state index contributed by atoms with van der Waals surface area (Å²) in [5.41, 5.74) is 7.59. The molecule has 3 N–H and O–H groups in total. The normalized spacial score (nSPS) is 13.4. The maximum Gasteiger partial charge on any atom is 0.410 e. The summed E-state index contributed by atoms with van der Waals surface area (Å²) in [6.45, 7) is 9.49. The Morgan fingerprint density at radius 1 is 0.978 bits per heavy atom. The molecule has 3 amide bonds. The van der Waals surface area contributed by atoms with E-state index in [9.17, 15) is 9.59 Å². The molecule has 2 aromatic carbocycles. The Morgan fingerprint density at radius 3 is 2.38 bits per heavy atom. The van der Waals surface area contributed by atoms with Crippen LogP contribution in [0.25, 0.3) is 39.0 Å². The molecule has 0 fully saturated rings. The van der Waals surface area contributed by atoms with Gasteiger partial charge in [-0.2, -0.15) is 5.10 Å².